The fourth-order valence-electron chi connectivity index (χ4n) is 1.50. The highest BCUT2D eigenvalue weighted by Crippen LogP contribution is 2.14. The third-order valence-corrected chi connectivity index (χ3v) is 2.60. The Balaban J connectivity index is 2.71. The minimum atomic E-state index is -0.123. The predicted octanol–water partition coefficient (Wildman–Crippen LogP) is 2.10. The van der Waals surface area contributed by atoms with E-state index < -0.39 is 0 Å². The molecule has 0 saturated heterocycles. The van der Waals surface area contributed by atoms with Gasteiger partial charge in [-0.25, -0.2) is 0 Å². The summed E-state index contributed by atoms with van der Waals surface area (Å²) in [5, 5.41) is 8.83. The number of rotatable bonds is 6. The number of hydrogen-bond acceptors (Lipinski definition) is 3. The Morgan fingerprint density at radius 1 is 1.42 bits per heavy atom. The molecular formula is C15H21NO3. The largest absolute Gasteiger partial charge is 0.490 e. The number of nitrogens with zero attached hydrogens (tertiary/aromatic N) is 1. The fraction of sp³-hybridized carbons (Fsp3) is 0.400. The summed E-state index contributed by atoms with van der Waals surface area (Å²) in [6, 6.07) is 7.07. The van der Waals surface area contributed by atoms with Gasteiger partial charge < -0.3 is 14.7 Å². The molecule has 4 nitrogen and oxygen atoms in total. The number of ether oxygens (including phenoxy) is 1. The number of likely N-dealkylation sites (N-methyl/N-ethyl adjacent to an activating group) is 1. The SMILES string of the molecule is CC(C)=CCOc1cccc(C(=O)N(C)CCO)c1. The molecule has 0 bridgehead atoms. The number of carbonyl (C=O) groups is 1. The maximum absolute atomic E-state index is 12.0. The molecule has 104 valence electrons. The summed E-state index contributed by atoms with van der Waals surface area (Å²) in [4.78, 5) is 13.5. The van der Waals surface area contributed by atoms with Crippen LogP contribution in [0.25, 0.3) is 0 Å². The summed E-state index contributed by atoms with van der Waals surface area (Å²) >= 11 is 0. The van der Waals surface area contributed by atoms with Crippen LogP contribution in [0, 0.1) is 0 Å². The van der Waals surface area contributed by atoms with Crippen LogP contribution >= 0.6 is 0 Å². The normalized spacial score (nSPS) is 9.89. The van der Waals surface area contributed by atoms with E-state index in [0.717, 1.165) is 0 Å². The van der Waals surface area contributed by atoms with Gasteiger partial charge in [0.15, 0.2) is 0 Å². The molecule has 4 heteroatoms. The molecule has 0 radical (unpaired) electrons. The third-order valence-electron chi connectivity index (χ3n) is 2.60. The molecule has 1 N–H and O–H groups in total. The molecule has 0 aliphatic carbocycles. The molecule has 19 heavy (non-hydrogen) atoms. The monoisotopic (exact) mass is 263 g/mol. The second kappa shape index (κ2) is 7.59. The van der Waals surface area contributed by atoms with Gasteiger partial charge in [0.25, 0.3) is 5.91 Å². The maximum Gasteiger partial charge on any atom is 0.253 e. The van der Waals surface area contributed by atoms with Crippen molar-refractivity contribution >= 4 is 5.91 Å². The van der Waals surface area contributed by atoms with Crippen LogP contribution in [0.4, 0.5) is 0 Å². The van der Waals surface area contributed by atoms with Gasteiger partial charge in [0.1, 0.15) is 12.4 Å². The van der Waals surface area contributed by atoms with Crippen LogP contribution < -0.4 is 4.74 Å². The smallest absolute Gasteiger partial charge is 0.253 e. The second-order valence-corrected chi connectivity index (χ2v) is 4.57. The number of aliphatic hydroxyl groups excluding tert-OH is 1. The lowest BCUT2D eigenvalue weighted by Crippen LogP contribution is -2.29. The van der Waals surface area contributed by atoms with Gasteiger partial charge in [0.2, 0.25) is 0 Å². The Morgan fingerprint density at radius 3 is 2.79 bits per heavy atom. The number of benzene rings is 1. The number of carbonyl (C=O) groups excluding carboxylic acids is 1. The fourth-order valence-corrected chi connectivity index (χ4v) is 1.50. The molecule has 1 amide bonds. The maximum atomic E-state index is 12.0. The molecule has 0 spiro atoms. The molecule has 0 aliphatic heterocycles. The standard InChI is InChI=1S/C15H21NO3/c1-12(2)7-10-19-14-6-4-5-13(11-14)15(18)16(3)8-9-17/h4-7,11,17H,8-10H2,1-3H3. The van der Waals surface area contributed by atoms with E-state index in [-0.39, 0.29) is 12.5 Å². The summed E-state index contributed by atoms with van der Waals surface area (Å²) < 4.78 is 5.55. The van der Waals surface area contributed by atoms with Crippen molar-refractivity contribution in [3.8, 4) is 5.75 Å². The van der Waals surface area contributed by atoms with Crippen LogP contribution in [0.5, 0.6) is 5.75 Å². The highest BCUT2D eigenvalue weighted by molar-refractivity contribution is 5.94. The Labute approximate surface area is 114 Å². The Hall–Kier alpha value is -1.81. The van der Waals surface area contributed by atoms with Crippen molar-refractivity contribution in [2.45, 2.75) is 13.8 Å². The number of aliphatic hydroxyl groups is 1. The van der Waals surface area contributed by atoms with Crippen molar-refractivity contribution < 1.29 is 14.6 Å². The van der Waals surface area contributed by atoms with Crippen LogP contribution in [0.15, 0.2) is 35.9 Å². The minimum absolute atomic E-state index is 0.0427. The molecule has 0 heterocycles. The molecule has 1 aromatic rings. The van der Waals surface area contributed by atoms with E-state index in [9.17, 15) is 4.79 Å². The first kappa shape index (κ1) is 15.2. The van der Waals surface area contributed by atoms with Crippen LogP contribution in [-0.4, -0.2) is 42.7 Å². The Kier molecular flexibility index (Phi) is 6.09. The summed E-state index contributed by atoms with van der Waals surface area (Å²) in [5.74, 6) is 0.544. The zero-order valence-electron chi connectivity index (χ0n) is 11.7. The van der Waals surface area contributed by atoms with Crippen LogP contribution in [0.2, 0.25) is 0 Å². The van der Waals surface area contributed by atoms with Crippen LogP contribution in [0.1, 0.15) is 24.2 Å². The quantitative estimate of drug-likeness (QED) is 0.800. The molecule has 0 aromatic heterocycles. The van der Waals surface area contributed by atoms with Crippen molar-refractivity contribution in [1.29, 1.82) is 0 Å². The van der Waals surface area contributed by atoms with Gasteiger partial charge in [-0.15, -0.1) is 0 Å². The van der Waals surface area contributed by atoms with Crippen LogP contribution in [0.3, 0.4) is 0 Å². The van der Waals surface area contributed by atoms with Crippen molar-refractivity contribution in [1.82, 2.24) is 4.90 Å². The van der Waals surface area contributed by atoms with E-state index in [1.165, 1.54) is 10.5 Å². The molecule has 0 unspecified atom stereocenters. The zero-order chi connectivity index (χ0) is 14.3. The van der Waals surface area contributed by atoms with Gasteiger partial charge in [-0.1, -0.05) is 11.6 Å². The van der Waals surface area contributed by atoms with E-state index >= 15 is 0 Å². The lowest BCUT2D eigenvalue weighted by Gasteiger charge is -2.16. The van der Waals surface area contributed by atoms with Gasteiger partial charge in [0, 0.05) is 19.2 Å². The summed E-state index contributed by atoms with van der Waals surface area (Å²) in [6.07, 6.45) is 1.98. The number of allylic oxidation sites excluding steroid dienone is 1. The van der Waals surface area contributed by atoms with Gasteiger partial charge in [-0.2, -0.15) is 0 Å². The lowest BCUT2D eigenvalue weighted by molar-refractivity contribution is 0.0766. The zero-order valence-corrected chi connectivity index (χ0v) is 11.7. The van der Waals surface area contributed by atoms with Gasteiger partial charge in [-0.3, -0.25) is 4.79 Å². The average molecular weight is 263 g/mol. The predicted molar refractivity (Wildman–Crippen MR) is 75.4 cm³/mol. The van der Waals surface area contributed by atoms with E-state index in [2.05, 4.69) is 0 Å². The summed E-state index contributed by atoms with van der Waals surface area (Å²) in [6.45, 7) is 4.79. The van der Waals surface area contributed by atoms with E-state index in [1.54, 1.807) is 25.2 Å². The topological polar surface area (TPSA) is 49.8 Å². The first-order valence-electron chi connectivity index (χ1n) is 6.27. The average Bonchev–Trinajstić information content (AvgIpc) is 2.38. The molecule has 0 aliphatic rings. The molecular weight excluding hydrogens is 242 g/mol. The van der Waals surface area contributed by atoms with Crippen LogP contribution in [-0.2, 0) is 0 Å². The lowest BCUT2D eigenvalue weighted by atomic mass is 10.2. The van der Waals surface area contributed by atoms with Crippen molar-refractivity contribution in [2.24, 2.45) is 0 Å². The van der Waals surface area contributed by atoms with Gasteiger partial charge >= 0.3 is 0 Å². The van der Waals surface area contributed by atoms with Crippen molar-refractivity contribution in [3.05, 3.63) is 41.5 Å². The highest BCUT2D eigenvalue weighted by Gasteiger charge is 2.11. The van der Waals surface area contributed by atoms with E-state index in [1.807, 2.05) is 26.0 Å². The minimum Gasteiger partial charge on any atom is -0.490 e. The first-order chi connectivity index (χ1) is 9.04. The molecule has 0 saturated carbocycles. The third kappa shape index (κ3) is 5.14. The first-order valence-corrected chi connectivity index (χ1v) is 6.27. The van der Waals surface area contributed by atoms with E-state index in [0.29, 0.717) is 24.5 Å². The van der Waals surface area contributed by atoms with Crippen molar-refractivity contribution in [3.63, 3.8) is 0 Å². The van der Waals surface area contributed by atoms with E-state index in [4.69, 9.17) is 9.84 Å². The molecule has 0 fully saturated rings. The molecule has 1 aromatic carbocycles. The second-order valence-electron chi connectivity index (χ2n) is 4.57. The van der Waals surface area contributed by atoms with Crippen molar-refractivity contribution in [2.75, 3.05) is 26.8 Å². The number of hydrogen-bond donors (Lipinski definition) is 1. The highest BCUT2D eigenvalue weighted by atomic mass is 16.5. The Bertz CT molecular complexity index is 450. The summed E-state index contributed by atoms with van der Waals surface area (Å²) in [5.41, 5.74) is 1.75. The molecule has 1 rings (SSSR count). The van der Waals surface area contributed by atoms with Gasteiger partial charge in [-0.05, 0) is 38.1 Å². The van der Waals surface area contributed by atoms with Gasteiger partial charge in [0.05, 0.1) is 6.61 Å². The molecule has 0 atom stereocenters. The number of amides is 1. The Morgan fingerprint density at radius 2 is 2.16 bits per heavy atom. The summed E-state index contributed by atoms with van der Waals surface area (Å²) in [7, 11) is 1.66.